The number of carbonyl (C=O) groups is 1. The Morgan fingerprint density at radius 2 is 1.57 bits per heavy atom. The highest BCUT2D eigenvalue weighted by Gasteiger charge is 2.17. The van der Waals surface area contributed by atoms with Crippen LogP contribution < -0.4 is 10.0 Å². The molecule has 0 radical (unpaired) electrons. The minimum atomic E-state index is -3.86. The number of anilines is 2. The van der Waals surface area contributed by atoms with E-state index < -0.39 is 10.0 Å². The zero-order chi connectivity index (χ0) is 20.3. The van der Waals surface area contributed by atoms with Crippen LogP contribution in [0.5, 0.6) is 0 Å². The van der Waals surface area contributed by atoms with Crippen LogP contribution in [0.4, 0.5) is 11.6 Å². The minimum Gasteiger partial charge on any atom is -0.322 e. The van der Waals surface area contributed by atoms with Gasteiger partial charge in [-0.25, -0.2) is 23.1 Å². The predicted octanol–water partition coefficient (Wildman–Crippen LogP) is 3.80. The van der Waals surface area contributed by atoms with Crippen LogP contribution in [0.25, 0.3) is 0 Å². The van der Waals surface area contributed by atoms with Crippen LogP contribution in [-0.2, 0) is 10.0 Å². The topological polar surface area (TPSA) is 101 Å². The van der Waals surface area contributed by atoms with Gasteiger partial charge in [-0.1, -0.05) is 23.7 Å². The summed E-state index contributed by atoms with van der Waals surface area (Å²) >= 11 is 6.01. The van der Waals surface area contributed by atoms with Crippen LogP contribution in [0, 0.1) is 13.8 Å². The lowest BCUT2D eigenvalue weighted by atomic mass is 10.2. The normalized spacial score (nSPS) is 11.1. The Morgan fingerprint density at radius 3 is 2.18 bits per heavy atom. The van der Waals surface area contributed by atoms with Gasteiger partial charge in [0.2, 0.25) is 5.95 Å². The third-order valence-corrected chi connectivity index (χ3v) is 5.42. The van der Waals surface area contributed by atoms with Crippen molar-refractivity contribution < 1.29 is 13.2 Å². The summed E-state index contributed by atoms with van der Waals surface area (Å²) in [5.74, 6) is -0.378. The van der Waals surface area contributed by atoms with Crippen molar-refractivity contribution >= 4 is 39.2 Å². The van der Waals surface area contributed by atoms with Gasteiger partial charge in [0, 0.05) is 17.1 Å². The van der Waals surface area contributed by atoms with E-state index in [9.17, 15) is 13.2 Å². The number of halogens is 1. The quantitative estimate of drug-likeness (QED) is 0.658. The zero-order valence-corrected chi connectivity index (χ0v) is 16.7. The molecule has 1 amide bonds. The Balaban J connectivity index is 1.76. The van der Waals surface area contributed by atoms with Crippen molar-refractivity contribution in [3.8, 4) is 0 Å². The fourth-order valence-electron chi connectivity index (χ4n) is 2.51. The molecule has 0 spiro atoms. The van der Waals surface area contributed by atoms with Gasteiger partial charge in [0.25, 0.3) is 15.9 Å². The first-order chi connectivity index (χ1) is 13.2. The highest BCUT2D eigenvalue weighted by atomic mass is 35.5. The Morgan fingerprint density at radius 1 is 0.964 bits per heavy atom. The van der Waals surface area contributed by atoms with Gasteiger partial charge in [0.15, 0.2) is 0 Å². The molecule has 3 rings (SSSR count). The second-order valence-corrected chi connectivity index (χ2v) is 8.13. The summed E-state index contributed by atoms with van der Waals surface area (Å²) in [5, 5.41) is 3.01. The van der Waals surface area contributed by atoms with Gasteiger partial charge in [0.05, 0.1) is 15.5 Å². The molecule has 3 aromatic rings. The smallest absolute Gasteiger partial charge is 0.264 e. The Kier molecular flexibility index (Phi) is 5.62. The third-order valence-electron chi connectivity index (χ3n) is 3.75. The molecule has 2 N–H and O–H groups in total. The van der Waals surface area contributed by atoms with Crippen molar-refractivity contribution in [1.82, 2.24) is 9.97 Å². The number of rotatable bonds is 5. The number of nitrogens with zero attached hydrogens (tertiary/aromatic N) is 2. The summed E-state index contributed by atoms with van der Waals surface area (Å²) in [6.45, 7) is 3.51. The standard InChI is InChI=1S/C19H17ClN4O3S/c1-12-11-13(2)22-19(21-12)24-28(26,27)15-9-7-14(8-10-15)23-18(25)16-5-3-4-6-17(16)20/h3-11H,1-2H3,(H,23,25)(H,21,22,24). The molecule has 0 saturated carbocycles. The summed E-state index contributed by atoms with van der Waals surface area (Å²) < 4.78 is 27.4. The van der Waals surface area contributed by atoms with E-state index in [1.165, 1.54) is 24.3 Å². The van der Waals surface area contributed by atoms with E-state index in [-0.39, 0.29) is 16.8 Å². The van der Waals surface area contributed by atoms with Crippen LogP contribution in [0.1, 0.15) is 21.7 Å². The molecule has 0 unspecified atom stereocenters. The van der Waals surface area contributed by atoms with Crippen molar-refractivity contribution in [2.24, 2.45) is 0 Å². The van der Waals surface area contributed by atoms with Gasteiger partial charge < -0.3 is 5.32 Å². The van der Waals surface area contributed by atoms with Crippen molar-refractivity contribution in [2.75, 3.05) is 10.0 Å². The SMILES string of the molecule is Cc1cc(C)nc(NS(=O)(=O)c2ccc(NC(=O)c3ccccc3Cl)cc2)n1. The first-order valence-electron chi connectivity index (χ1n) is 8.26. The fourth-order valence-corrected chi connectivity index (χ4v) is 3.68. The van der Waals surface area contributed by atoms with E-state index in [1.807, 2.05) is 0 Å². The molecule has 0 aliphatic heterocycles. The second-order valence-electron chi connectivity index (χ2n) is 6.04. The van der Waals surface area contributed by atoms with Gasteiger partial charge in [0.1, 0.15) is 0 Å². The maximum Gasteiger partial charge on any atom is 0.264 e. The fraction of sp³-hybridized carbons (Fsp3) is 0.105. The molecule has 0 aliphatic carbocycles. The highest BCUT2D eigenvalue weighted by Crippen LogP contribution is 2.20. The van der Waals surface area contributed by atoms with Gasteiger partial charge >= 0.3 is 0 Å². The first kappa shape index (κ1) is 19.8. The number of hydrogen-bond acceptors (Lipinski definition) is 5. The summed E-state index contributed by atoms with van der Waals surface area (Å²) in [4.78, 5) is 20.4. The molecule has 2 aromatic carbocycles. The number of hydrogen-bond donors (Lipinski definition) is 2. The Bertz CT molecular complexity index is 1110. The maximum absolute atomic E-state index is 12.5. The molecule has 0 fully saturated rings. The van der Waals surface area contributed by atoms with Crippen molar-refractivity contribution in [1.29, 1.82) is 0 Å². The monoisotopic (exact) mass is 416 g/mol. The molecule has 0 aliphatic rings. The van der Waals surface area contributed by atoms with Gasteiger partial charge in [-0.05, 0) is 56.3 Å². The van der Waals surface area contributed by atoms with Crippen LogP contribution >= 0.6 is 11.6 Å². The molecule has 144 valence electrons. The number of amides is 1. The van der Waals surface area contributed by atoms with E-state index in [0.717, 1.165) is 0 Å². The summed E-state index contributed by atoms with van der Waals surface area (Å²) in [6, 6.07) is 14.1. The van der Waals surface area contributed by atoms with Gasteiger partial charge in [-0.2, -0.15) is 0 Å². The lowest BCUT2D eigenvalue weighted by molar-refractivity contribution is 0.102. The van der Waals surface area contributed by atoms with Gasteiger partial charge in [-0.3, -0.25) is 4.79 Å². The van der Waals surface area contributed by atoms with Crippen molar-refractivity contribution in [3.05, 3.63) is 76.6 Å². The molecule has 1 heterocycles. The molecule has 0 atom stereocenters. The molecule has 1 aromatic heterocycles. The van der Waals surface area contributed by atoms with E-state index in [4.69, 9.17) is 11.6 Å². The summed E-state index contributed by atoms with van der Waals surface area (Å²) in [6.07, 6.45) is 0. The molecule has 0 bridgehead atoms. The van der Waals surface area contributed by atoms with Crippen LogP contribution in [0.2, 0.25) is 5.02 Å². The number of sulfonamides is 1. The molecule has 9 heteroatoms. The number of aromatic nitrogens is 2. The lowest BCUT2D eigenvalue weighted by Gasteiger charge is -2.10. The number of nitrogens with one attached hydrogen (secondary N) is 2. The van der Waals surface area contributed by atoms with Gasteiger partial charge in [-0.15, -0.1) is 0 Å². The van der Waals surface area contributed by atoms with Crippen molar-refractivity contribution in [2.45, 2.75) is 18.7 Å². The van der Waals surface area contributed by atoms with Crippen LogP contribution in [-0.4, -0.2) is 24.3 Å². The third kappa shape index (κ3) is 4.65. The molecular formula is C19H17ClN4O3S. The maximum atomic E-state index is 12.5. The van der Waals surface area contributed by atoms with Crippen LogP contribution in [0.15, 0.2) is 59.5 Å². The van der Waals surface area contributed by atoms with Crippen LogP contribution in [0.3, 0.4) is 0 Å². The molecule has 0 saturated heterocycles. The van der Waals surface area contributed by atoms with Crippen molar-refractivity contribution in [3.63, 3.8) is 0 Å². The van der Waals surface area contributed by atoms with E-state index in [1.54, 1.807) is 44.2 Å². The number of carbonyl (C=O) groups excluding carboxylic acids is 1. The molecular weight excluding hydrogens is 400 g/mol. The number of aryl methyl sites for hydroxylation is 2. The first-order valence-corrected chi connectivity index (χ1v) is 10.1. The van der Waals surface area contributed by atoms with E-state index in [2.05, 4.69) is 20.0 Å². The Labute approximate surface area is 167 Å². The zero-order valence-electron chi connectivity index (χ0n) is 15.1. The lowest BCUT2D eigenvalue weighted by Crippen LogP contribution is -2.16. The molecule has 28 heavy (non-hydrogen) atoms. The average molecular weight is 417 g/mol. The highest BCUT2D eigenvalue weighted by molar-refractivity contribution is 7.92. The minimum absolute atomic E-state index is 0.00796. The summed E-state index contributed by atoms with van der Waals surface area (Å²) in [5.41, 5.74) is 2.08. The van der Waals surface area contributed by atoms with E-state index >= 15 is 0 Å². The van der Waals surface area contributed by atoms with E-state index in [0.29, 0.717) is 27.7 Å². The number of benzene rings is 2. The largest absolute Gasteiger partial charge is 0.322 e. The predicted molar refractivity (Wildman–Crippen MR) is 108 cm³/mol. The average Bonchev–Trinajstić information content (AvgIpc) is 2.61. The second kappa shape index (κ2) is 7.95. The summed E-state index contributed by atoms with van der Waals surface area (Å²) in [7, 11) is -3.86. The molecule has 7 nitrogen and oxygen atoms in total. The Hall–Kier alpha value is -2.97.